The lowest BCUT2D eigenvalue weighted by Crippen LogP contribution is -2.51. The Labute approximate surface area is 159 Å². The smallest absolute Gasteiger partial charge is 0.239 e. The van der Waals surface area contributed by atoms with Crippen molar-refractivity contribution in [1.29, 1.82) is 0 Å². The van der Waals surface area contributed by atoms with E-state index in [9.17, 15) is 9.59 Å². The molecule has 1 atom stereocenters. The monoisotopic (exact) mass is 367 g/mol. The third-order valence-corrected chi connectivity index (χ3v) is 5.54. The number of benzene rings is 1. The molecule has 0 unspecified atom stereocenters. The molecule has 2 saturated heterocycles. The fourth-order valence-corrected chi connectivity index (χ4v) is 3.87. The van der Waals surface area contributed by atoms with Crippen molar-refractivity contribution in [2.75, 3.05) is 37.6 Å². The van der Waals surface area contributed by atoms with Crippen LogP contribution in [-0.4, -0.2) is 63.9 Å². The van der Waals surface area contributed by atoms with Crippen LogP contribution in [0.3, 0.4) is 0 Å². The molecule has 2 aliphatic heterocycles. The van der Waals surface area contributed by atoms with Crippen LogP contribution in [-0.2, 0) is 23.2 Å². The highest BCUT2D eigenvalue weighted by Crippen LogP contribution is 2.26. The highest BCUT2D eigenvalue weighted by atomic mass is 16.2. The van der Waals surface area contributed by atoms with Crippen LogP contribution in [0.1, 0.15) is 12.2 Å². The van der Waals surface area contributed by atoms with Crippen LogP contribution in [0.5, 0.6) is 0 Å². The number of rotatable bonds is 4. The SMILES string of the molecule is Cn1ccnc1CN1CCN(C(=O)[C@@H]2CCN(c3ccccc3)C2=O)CC1. The summed E-state index contributed by atoms with van der Waals surface area (Å²) < 4.78 is 2.02. The third kappa shape index (κ3) is 3.60. The van der Waals surface area contributed by atoms with Crippen LogP contribution in [0.4, 0.5) is 5.69 Å². The van der Waals surface area contributed by atoms with E-state index >= 15 is 0 Å². The quantitative estimate of drug-likeness (QED) is 0.760. The first-order valence-corrected chi connectivity index (χ1v) is 9.47. The molecule has 7 nitrogen and oxygen atoms in total. The highest BCUT2D eigenvalue weighted by Gasteiger charge is 2.40. The molecule has 27 heavy (non-hydrogen) atoms. The van der Waals surface area contributed by atoms with Gasteiger partial charge in [-0.2, -0.15) is 0 Å². The number of piperazine rings is 1. The van der Waals surface area contributed by atoms with E-state index in [0.717, 1.165) is 31.1 Å². The second-order valence-corrected chi connectivity index (χ2v) is 7.22. The lowest BCUT2D eigenvalue weighted by Gasteiger charge is -2.35. The van der Waals surface area contributed by atoms with E-state index in [-0.39, 0.29) is 11.8 Å². The van der Waals surface area contributed by atoms with E-state index < -0.39 is 5.92 Å². The van der Waals surface area contributed by atoms with Gasteiger partial charge in [-0.15, -0.1) is 0 Å². The van der Waals surface area contributed by atoms with Gasteiger partial charge in [0.15, 0.2) is 0 Å². The first-order chi connectivity index (χ1) is 13.1. The molecule has 2 fully saturated rings. The average molecular weight is 367 g/mol. The van der Waals surface area contributed by atoms with E-state index in [0.29, 0.717) is 26.1 Å². The number of anilines is 1. The molecule has 0 N–H and O–H groups in total. The number of hydrogen-bond acceptors (Lipinski definition) is 4. The summed E-state index contributed by atoms with van der Waals surface area (Å²) in [5.74, 6) is 0.405. The van der Waals surface area contributed by atoms with Crippen LogP contribution in [0.25, 0.3) is 0 Å². The fraction of sp³-hybridized carbons (Fsp3) is 0.450. The molecule has 0 radical (unpaired) electrons. The molecular formula is C20H25N5O2. The second-order valence-electron chi connectivity index (χ2n) is 7.22. The summed E-state index contributed by atoms with van der Waals surface area (Å²) in [5.41, 5.74) is 0.873. The molecule has 142 valence electrons. The van der Waals surface area contributed by atoms with Gasteiger partial charge >= 0.3 is 0 Å². The van der Waals surface area contributed by atoms with E-state index in [1.54, 1.807) is 11.1 Å². The van der Waals surface area contributed by atoms with E-state index in [1.807, 2.05) is 53.0 Å². The van der Waals surface area contributed by atoms with Gasteiger partial charge in [0.25, 0.3) is 0 Å². The molecule has 0 saturated carbocycles. The zero-order valence-corrected chi connectivity index (χ0v) is 15.6. The molecular weight excluding hydrogens is 342 g/mol. The van der Waals surface area contributed by atoms with Crippen molar-refractivity contribution in [2.24, 2.45) is 13.0 Å². The summed E-state index contributed by atoms with van der Waals surface area (Å²) >= 11 is 0. The lowest BCUT2D eigenvalue weighted by atomic mass is 10.1. The second kappa shape index (κ2) is 7.52. The van der Waals surface area contributed by atoms with Crippen molar-refractivity contribution >= 4 is 17.5 Å². The maximum atomic E-state index is 12.9. The molecule has 2 amide bonds. The summed E-state index contributed by atoms with van der Waals surface area (Å²) in [5, 5.41) is 0. The Hall–Kier alpha value is -2.67. The molecule has 0 bridgehead atoms. The zero-order chi connectivity index (χ0) is 18.8. The summed E-state index contributed by atoms with van der Waals surface area (Å²) in [4.78, 5) is 35.9. The minimum Gasteiger partial charge on any atom is -0.339 e. The predicted molar refractivity (Wildman–Crippen MR) is 102 cm³/mol. The van der Waals surface area contributed by atoms with Crippen molar-refractivity contribution in [3.8, 4) is 0 Å². The van der Waals surface area contributed by atoms with Crippen molar-refractivity contribution in [2.45, 2.75) is 13.0 Å². The third-order valence-electron chi connectivity index (χ3n) is 5.54. The Bertz CT molecular complexity index is 811. The van der Waals surface area contributed by atoms with Gasteiger partial charge in [-0.05, 0) is 18.6 Å². The molecule has 7 heteroatoms. The number of aromatic nitrogens is 2. The van der Waals surface area contributed by atoms with Gasteiger partial charge in [0.2, 0.25) is 11.8 Å². The van der Waals surface area contributed by atoms with Crippen molar-refractivity contribution in [3.05, 3.63) is 48.5 Å². The van der Waals surface area contributed by atoms with Gasteiger partial charge in [-0.3, -0.25) is 14.5 Å². The average Bonchev–Trinajstić information content (AvgIpc) is 3.28. The Morgan fingerprint density at radius 1 is 1.11 bits per heavy atom. The molecule has 0 spiro atoms. The van der Waals surface area contributed by atoms with Crippen LogP contribution >= 0.6 is 0 Å². The maximum Gasteiger partial charge on any atom is 0.239 e. The van der Waals surface area contributed by atoms with Crippen molar-refractivity contribution in [3.63, 3.8) is 0 Å². The molecule has 2 aromatic rings. The molecule has 1 aromatic carbocycles. The lowest BCUT2D eigenvalue weighted by molar-refractivity contribution is -0.141. The molecule has 2 aliphatic rings. The fourth-order valence-electron chi connectivity index (χ4n) is 3.87. The number of carbonyl (C=O) groups excluding carboxylic acids is 2. The van der Waals surface area contributed by atoms with Crippen molar-refractivity contribution in [1.82, 2.24) is 19.4 Å². The van der Waals surface area contributed by atoms with Gasteiger partial charge in [0.05, 0.1) is 6.54 Å². The predicted octanol–water partition coefficient (Wildman–Crippen LogP) is 1.12. The summed E-state index contributed by atoms with van der Waals surface area (Å²) in [7, 11) is 1.99. The Morgan fingerprint density at radius 3 is 2.52 bits per heavy atom. The summed E-state index contributed by atoms with van der Waals surface area (Å²) in [6.07, 6.45) is 4.35. The number of aryl methyl sites for hydroxylation is 1. The van der Waals surface area contributed by atoms with Gasteiger partial charge in [0, 0.05) is 57.9 Å². The summed E-state index contributed by atoms with van der Waals surface area (Å²) in [6, 6.07) is 9.59. The number of para-hydroxylation sites is 1. The number of carbonyl (C=O) groups is 2. The van der Waals surface area contributed by atoms with Gasteiger partial charge < -0.3 is 14.4 Å². The van der Waals surface area contributed by atoms with Crippen LogP contribution in [0.15, 0.2) is 42.7 Å². The minimum atomic E-state index is -0.536. The highest BCUT2D eigenvalue weighted by molar-refractivity contribution is 6.09. The van der Waals surface area contributed by atoms with E-state index in [2.05, 4.69) is 9.88 Å². The Balaban J connectivity index is 1.33. The Morgan fingerprint density at radius 2 is 1.85 bits per heavy atom. The molecule has 3 heterocycles. The van der Waals surface area contributed by atoms with Crippen LogP contribution in [0, 0.1) is 5.92 Å². The van der Waals surface area contributed by atoms with E-state index in [4.69, 9.17) is 0 Å². The largest absolute Gasteiger partial charge is 0.339 e. The topological polar surface area (TPSA) is 61.7 Å². The zero-order valence-electron chi connectivity index (χ0n) is 15.6. The number of nitrogens with zero attached hydrogens (tertiary/aromatic N) is 5. The Kier molecular flexibility index (Phi) is 4.94. The van der Waals surface area contributed by atoms with Crippen LogP contribution < -0.4 is 4.90 Å². The van der Waals surface area contributed by atoms with Crippen molar-refractivity contribution < 1.29 is 9.59 Å². The standard InChI is InChI=1S/C20H25N5O2/c1-22-10-8-21-18(22)15-23-11-13-24(14-12-23)19(26)17-7-9-25(20(17)27)16-5-3-2-4-6-16/h2-6,8,10,17H,7,9,11-15H2,1H3/t17-/m0/s1. The first-order valence-electron chi connectivity index (χ1n) is 9.47. The number of hydrogen-bond donors (Lipinski definition) is 0. The normalized spacial score (nSPS) is 21.1. The number of imidazole rings is 1. The molecule has 4 rings (SSSR count). The first kappa shape index (κ1) is 17.7. The molecule has 1 aromatic heterocycles. The molecule has 0 aliphatic carbocycles. The summed E-state index contributed by atoms with van der Waals surface area (Å²) in [6.45, 7) is 4.34. The van der Waals surface area contributed by atoms with Gasteiger partial charge in [-0.25, -0.2) is 4.98 Å². The van der Waals surface area contributed by atoms with Crippen LogP contribution in [0.2, 0.25) is 0 Å². The van der Waals surface area contributed by atoms with E-state index in [1.165, 1.54) is 0 Å². The maximum absolute atomic E-state index is 12.9. The number of amides is 2. The van der Waals surface area contributed by atoms with Gasteiger partial charge in [-0.1, -0.05) is 18.2 Å². The van der Waals surface area contributed by atoms with Gasteiger partial charge in [0.1, 0.15) is 11.7 Å². The minimum absolute atomic E-state index is 0.0185.